The molecule has 0 spiro atoms. The number of piperazine rings is 1. The highest BCUT2D eigenvalue weighted by molar-refractivity contribution is 7.91. The average molecular weight is 446 g/mol. The van der Waals surface area contributed by atoms with E-state index in [9.17, 15) is 21.6 Å². The molecule has 10 heteroatoms. The Hall–Kier alpha value is -1.49. The van der Waals surface area contributed by atoms with Gasteiger partial charge in [0.2, 0.25) is 15.9 Å². The van der Waals surface area contributed by atoms with E-state index in [2.05, 4.69) is 13.8 Å². The SMILES string of the molecule is CC[C@H](C)c1ccc(S(=O)(=O)N2CCN(CCS(=O)(=O)CCC(N)=O)CC2)cc1. The zero-order valence-electron chi connectivity index (χ0n) is 17.1. The number of benzene rings is 1. The standard InChI is InChI=1S/C19H31N3O5S2/c1-3-16(2)17-4-6-18(7-5-17)29(26,27)22-11-9-21(10-12-22)13-15-28(24,25)14-8-19(20)23/h4-7,16H,3,8-15H2,1-2H3,(H2,20,23)/t16-/m0/s1. The lowest BCUT2D eigenvalue weighted by molar-refractivity contribution is -0.117. The first-order chi connectivity index (χ1) is 13.5. The third-order valence-electron chi connectivity index (χ3n) is 5.41. The Kier molecular flexibility index (Phi) is 8.21. The summed E-state index contributed by atoms with van der Waals surface area (Å²) in [4.78, 5) is 13.0. The number of hydrogen-bond donors (Lipinski definition) is 1. The number of hydrogen-bond acceptors (Lipinski definition) is 6. The molecule has 0 bridgehead atoms. The van der Waals surface area contributed by atoms with Crippen LogP contribution in [0.1, 0.15) is 38.2 Å². The van der Waals surface area contributed by atoms with E-state index < -0.39 is 25.8 Å². The van der Waals surface area contributed by atoms with Crippen LogP contribution in [0.3, 0.4) is 0 Å². The second-order valence-corrected chi connectivity index (χ2v) is 11.7. The van der Waals surface area contributed by atoms with Gasteiger partial charge in [0.15, 0.2) is 9.84 Å². The predicted molar refractivity (Wildman–Crippen MR) is 113 cm³/mol. The van der Waals surface area contributed by atoms with Crippen LogP contribution in [0.25, 0.3) is 0 Å². The molecule has 0 aromatic heterocycles. The summed E-state index contributed by atoms with van der Waals surface area (Å²) >= 11 is 0. The maximum absolute atomic E-state index is 12.9. The molecule has 2 rings (SSSR count). The van der Waals surface area contributed by atoms with Gasteiger partial charge in [0.1, 0.15) is 0 Å². The Morgan fingerprint density at radius 2 is 1.62 bits per heavy atom. The molecule has 1 aliphatic rings. The number of carbonyl (C=O) groups is 1. The summed E-state index contributed by atoms with van der Waals surface area (Å²) in [6.45, 7) is 6.09. The lowest BCUT2D eigenvalue weighted by Gasteiger charge is -2.33. The highest BCUT2D eigenvalue weighted by atomic mass is 32.2. The van der Waals surface area contributed by atoms with E-state index in [1.165, 1.54) is 4.31 Å². The van der Waals surface area contributed by atoms with Gasteiger partial charge in [-0.1, -0.05) is 26.0 Å². The molecule has 0 saturated carbocycles. The number of carbonyl (C=O) groups excluding carboxylic acids is 1. The van der Waals surface area contributed by atoms with Crippen molar-refractivity contribution in [2.75, 3.05) is 44.2 Å². The molecule has 1 amide bonds. The fourth-order valence-electron chi connectivity index (χ4n) is 3.17. The highest BCUT2D eigenvalue weighted by Crippen LogP contribution is 2.23. The number of primary amides is 1. The Morgan fingerprint density at radius 1 is 1.03 bits per heavy atom. The number of nitrogens with zero attached hydrogens (tertiary/aromatic N) is 2. The summed E-state index contributed by atoms with van der Waals surface area (Å²) in [5.41, 5.74) is 6.12. The van der Waals surface area contributed by atoms with Gasteiger partial charge in [-0.25, -0.2) is 16.8 Å². The van der Waals surface area contributed by atoms with E-state index in [0.29, 0.717) is 38.6 Å². The third-order valence-corrected chi connectivity index (χ3v) is 8.95. The number of amides is 1. The molecular formula is C19H31N3O5S2. The fraction of sp³-hybridized carbons (Fsp3) is 0.632. The first-order valence-electron chi connectivity index (χ1n) is 9.86. The maximum Gasteiger partial charge on any atom is 0.243 e. The van der Waals surface area contributed by atoms with Gasteiger partial charge in [0.25, 0.3) is 0 Å². The van der Waals surface area contributed by atoms with E-state index in [-0.39, 0.29) is 22.8 Å². The zero-order valence-corrected chi connectivity index (χ0v) is 18.7. The van der Waals surface area contributed by atoms with Crippen LogP contribution in [0.5, 0.6) is 0 Å². The third kappa shape index (κ3) is 6.77. The summed E-state index contributed by atoms with van der Waals surface area (Å²) in [5, 5.41) is 0. The summed E-state index contributed by atoms with van der Waals surface area (Å²) in [6, 6.07) is 7.06. The predicted octanol–water partition coefficient (Wildman–Crippen LogP) is 0.797. The molecular weight excluding hydrogens is 414 g/mol. The molecule has 1 aromatic carbocycles. The normalized spacial score (nSPS) is 17.9. The molecule has 0 unspecified atom stereocenters. The van der Waals surface area contributed by atoms with Crippen molar-refractivity contribution in [3.05, 3.63) is 29.8 Å². The van der Waals surface area contributed by atoms with Crippen molar-refractivity contribution in [1.29, 1.82) is 0 Å². The molecule has 8 nitrogen and oxygen atoms in total. The largest absolute Gasteiger partial charge is 0.370 e. The second-order valence-electron chi connectivity index (χ2n) is 7.49. The zero-order chi connectivity index (χ0) is 21.7. The van der Waals surface area contributed by atoms with Crippen LogP contribution < -0.4 is 5.73 Å². The summed E-state index contributed by atoms with van der Waals surface area (Å²) in [6.07, 6.45) is 0.816. The second kappa shape index (κ2) is 10.0. The Morgan fingerprint density at radius 3 is 2.14 bits per heavy atom. The van der Waals surface area contributed by atoms with Crippen molar-refractivity contribution in [3.8, 4) is 0 Å². The Bertz CT molecular complexity index is 890. The lowest BCUT2D eigenvalue weighted by Crippen LogP contribution is -2.49. The van der Waals surface area contributed by atoms with Crippen LogP contribution >= 0.6 is 0 Å². The van der Waals surface area contributed by atoms with Crippen molar-refractivity contribution < 1.29 is 21.6 Å². The number of rotatable bonds is 10. The molecule has 1 aromatic rings. The van der Waals surface area contributed by atoms with Crippen LogP contribution in [-0.4, -0.2) is 76.2 Å². The summed E-state index contributed by atoms with van der Waals surface area (Å²) < 4.78 is 51.1. The van der Waals surface area contributed by atoms with Gasteiger partial charge in [-0.2, -0.15) is 4.31 Å². The van der Waals surface area contributed by atoms with Crippen molar-refractivity contribution in [2.45, 2.75) is 37.5 Å². The van der Waals surface area contributed by atoms with Gasteiger partial charge in [-0.05, 0) is 30.0 Å². The minimum atomic E-state index is -3.56. The summed E-state index contributed by atoms with van der Waals surface area (Å²) in [7, 11) is -6.91. The first kappa shape index (κ1) is 23.8. The number of sulfone groups is 1. The van der Waals surface area contributed by atoms with Gasteiger partial charge in [0.05, 0.1) is 16.4 Å². The topological polar surface area (TPSA) is 118 Å². The number of nitrogens with two attached hydrogens (primary N) is 1. The molecule has 1 heterocycles. The molecule has 1 saturated heterocycles. The molecule has 2 N–H and O–H groups in total. The van der Waals surface area contributed by atoms with Crippen LogP contribution in [0.4, 0.5) is 0 Å². The monoisotopic (exact) mass is 445 g/mol. The van der Waals surface area contributed by atoms with E-state index in [0.717, 1.165) is 12.0 Å². The molecule has 164 valence electrons. The first-order valence-corrected chi connectivity index (χ1v) is 13.1. The maximum atomic E-state index is 12.9. The van der Waals surface area contributed by atoms with Crippen molar-refractivity contribution >= 4 is 25.8 Å². The van der Waals surface area contributed by atoms with E-state index in [1.54, 1.807) is 12.1 Å². The molecule has 1 fully saturated rings. The smallest absolute Gasteiger partial charge is 0.243 e. The minimum absolute atomic E-state index is 0.0654. The lowest BCUT2D eigenvalue weighted by atomic mass is 9.99. The molecule has 0 radical (unpaired) electrons. The fourth-order valence-corrected chi connectivity index (χ4v) is 5.85. The van der Waals surface area contributed by atoms with Crippen molar-refractivity contribution in [1.82, 2.24) is 9.21 Å². The Labute approximate surface area is 174 Å². The quantitative estimate of drug-likeness (QED) is 0.569. The van der Waals surface area contributed by atoms with Gasteiger partial charge >= 0.3 is 0 Å². The van der Waals surface area contributed by atoms with Gasteiger partial charge in [-0.3, -0.25) is 9.69 Å². The molecule has 1 atom stereocenters. The van der Waals surface area contributed by atoms with E-state index in [1.807, 2.05) is 17.0 Å². The average Bonchev–Trinajstić information content (AvgIpc) is 2.71. The molecule has 0 aliphatic carbocycles. The molecule has 29 heavy (non-hydrogen) atoms. The van der Waals surface area contributed by atoms with E-state index in [4.69, 9.17) is 5.73 Å². The van der Waals surface area contributed by atoms with Gasteiger partial charge < -0.3 is 5.73 Å². The van der Waals surface area contributed by atoms with Crippen molar-refractivity contribution in [3.63, 3.8) is 0 Å². The molecule has 1 aliphatic heterocycles. The highest BCUT2D eigenvalue weighted by Gasteiger charge is 2.29. The van der Waals surface area contributed by atoms with Gasteiger partial charge in [-0.15, -0.1) is 0 Å². The van der Waals surface area contributed by atoms with Crippen LogP contribution in [0.2, 0.25) is 0 Å². The Balaban J connectivity index is 1.90. The van der Waals surface area contributed by atoms with Gasteiger partial charge in [0, 0.05) is 39.1 Å². The van der Waals surface area contributed by atoms with Crippen LogP contribution in [0, 0.1) is 0 Å². The van der Waals surface area contributed by atoms with E-state index >= 15 is 0 Å². The number of sulfonamides is 1. The van der Waals surface area contributed by atoms with Crippen LogP contribution in [-0.2, 0) is 24.7 Å². The summed E-state index contributed by atoms with van der Waals surface area (Å²) in [5.74, 6) is -0.563. The van der Waals surface area contributed by atoms with Crippen molar-refractivity contribution in [2.24, 2.45) is 5.73 Å². The van der Waals surface area contributed by atoms with Crippen LogP contribution in [0.15, 0.2) is 29.2 Å². The minimum Gasteiger partial charge on any atom is -0.370 e.